The zero-order chi connectivity index (χ0) is 23.4. The third kappa shape index (κ3) is 13.9. The Bertz CT molecular complexity index is 729. The molecule has 0 amide bonds. The van der Waals surface area contributed by atoms with Crippen molar-refractivity contribution in [3.8, 4) is 0 Å². The van der Waals surface area contributed by atoms with E-state index in [0.717, 1.165) is 17.9 Å². The summed E-state index contributed by atoms with van der Waals surface area (Å²) in [6.45, 7) is 0. The van der Waals surface area contributed by atoms with E-state index < -0.39 is 0 Å². The van der Waals surface area contributed by atoms with Gasteiger partial charge in [-0.05, 0) is 37.1 Å². The van der Waals surface area contributed by atoms with Crippen LogP contribution in [0.2, 0.25) is 0 Å². The number of halogens is 1. The molecule has 0 aliphatic carbocycles. The molecule has 0 atom stereocenters. The molecule has 182 valence electrons. The van der Waals surface area contributed by atoms with E-state index in [1.54, 1.807) is 11.8 Å². The Morgan fingerprint density at radius 1 is 0.545 bits per heavy atom. The number of benzene rings is 2. The van der Waals surface area contributed by atoms with Gasteiger partial charge in [-0.25, -0.2) is 0 Å². The van der Waals surface area contributed by atoms with Crippen LogP contribution >= 0.6 is 23.4 Å². The standard InChI is InChI=1S/C30H43ClOS/c31-26-18-13-11-9-7-5-3-1-2-4-6-8-10-12-17-21-30(32)27-22-24-29(25-23-27)33-28-19-15-14-16-20-28/h14-16,19-20,22-25H,1-13,17-18,21,26H2. The molecular weight excluding hydrogens is 444 g/mol. The van der Waals surface area contributed by atoms with Crippen LogP contribution in [-0.2, 0) is 0 Å². The van der Waals surface area contributed by atoms with Gasteiger partial charge < -0.3 is 0 Å². The largest absolute Gasteiger partial charge is 0.294 e. The first-order chi connectivity index (χ1) is 16.3. The number of alkyl halides is 1. The first kappa shape index (κ1) is 28.0. The highest BCUT2D eigenvalue weighted by molar-refractivity contribution is 7.99. The van der Waals surface area contributed by atoms with Crippen molar-refractivity contribution in [1.29, 1.82) is 0 Å². The van der Waals surface area contributed by atoms with Gasteiger partial charge in [-0.2, -0.15) is 0 Å². The van der Waals surface area contributed by atoms with E-state index in [1.165, 1.54) is 99.7 Å². The lowest BCUT2D eigenvalue weighted by Gasteiger charge is -2.05. The van der Waals surface area contributed by atoms with E-state index in [4.69, 9.17) is 11.6 Å². The molecule has 0 aliphatic rings. The first-order valence-corrected chi connectivity index (χ1v) is 14.6. The minimum atomic E-state index is 0.283. The van der Waals surface area contributed by atoms with E-state index in [1.807, 2.05) is 18.2 Å². The van der Waals surface area contributed by atoms with Crippen LogP contribution in [-0.4, -0.2) is 11.7 Å². The zero-order valence-electron chi connectivity index (χ0n) is 20.4. The van der Waals surface area contributed by atoms with Crippen LogP contribution in [0.5, 0.6) is 0 Å². The summed E-state index contributed by atoms with van der Waals surface area (Å²) in [7, 11) is 0. The van der Waals surface area contributed by atoms with Gasteiger partial charge in [-0.15, -0.1) is 11.6 Å². The maximum absolute atomic E-state index is 12.4. The molecule has 0 bridgehead atoms. The minimum absolute atomic E-state index is 0.283. The van der Waals surface area contributed by atoms with Crippen LogP contribution in [0.15, 0.2) is 64.4 Å². The Labute approximate surface area is 212 Å². The molecular formula is C30H43ClOS. The van der Waals surface area contributed by atoms with Crippen molar-refractivity contribution >= 4 is 29.1 Å². The Kier molecular flexibility index (Phi) is 16.2. The summed E-state index contributed by atoms with van der Waals surface area (Å²) >= 11 is 7.44. The van der Waals surface area contributed by atoms with Crippen LogP contribution in [0.25, 0.3) is 0 Å². The molecule has 0 fully saturated rings. The molecule has 2 rings (SSSR count). The van der Waals surface area contributed by atoms with Gasteiger partial charge in [0.05, 0.1) is 0 Å². The Morgan fingerprint density at radius 2 is 0.970 bits per heavy atom. The fourth-order valence-electron chi connectivity index (χ4n) is 4.16. The van der Waals surface area contributed by atoms with Crippen molar-refractivity contribution in [3.05, 3.63) is 60.2 Å². The molecule has 3 heteroatoms. The van der Waals surface area contributed by atoms with Gasteiger partial charge >= 0.3 is 0 Å². The first-order valence-electron chi connectivity index (χ1n) is 13.2. The van der Waals surface area contributed by atoms with Crippen molar-refractivity contribution < 1.29 is 4.79 Å². The number of Topliss-reactive ketones (excluding diaryl/α,β-unsaturated/α-hetero) is 1. The Balaban J connectivity index is 1.40. The van der Waals surface area contributed by atoms with Crippen molar-refractivity contribution in [2.75, 3.05) is 5.88 Å². The summed E-state index contributed by atoms with van der Waals surface area (Å²) in [6, 6.07) is 18.4. The van der Waals surface area contributed by atoms with Crippen LogP contribution in [0.3, 0.4) is 0 Å². The van der Waals surface area contributed by atoms with Gasteiger partial charge in [0, 0.05) is 27.7 Å². The van der Waals surface area contributed by atoms with E-state index in [0.29, 0.717) is 6.42 Å². The summed E-state index contributed by atoms with van der Waals surface area (Å²) < 4.78 is 0. The fraction of sp³-hybridized carbons (Fsp3) is 0.567. The van der Waals surface area contributed by atoms with Crippen molar-refractivity contribution in [2.24, 2.45) is 0 Å². The van der Waals surface area contributed by atoms with Crippen LogP contribution in [0.1, 0.15) is 113 Å². The number of hydrogen-bond acceptors (Lipinski definition) is 2. The molecule has 2 aromatic rings. The summed E-state index contributed by atoms with van der Waals surface area (Å²) in [5.41, 5.74) is 0.850. The van der Waals surface area contributed by atoms with Crippen LogP contribution in [0.4, 0.5) is 0 Å². The SMILES string of the molecule is O=C(CCCCCCCCCCCCCCCCCCl)c1ccc(Sc2ccccc2)cc1. The molecule has 0 aliphatic heterocycles. The molecule has 33 heavy (non-hydrogen) atoms. The van der Waals surface area contributed by atoms with Gasteiger partial charge in [0.25, 0.3) is 0 Å². The average Bonchev–Trinajstić information content (AvgIpc) is 2.85. The number of hydrogen-bond donors (Lipinski definition) is 0. The maximum atomic E-state index is 12.4. The van der Waals surface area contributed by atoms with Gasteiger partial charge in [0.15, 0.2) is 5.78 Å². The van der Waals surface area contributed by atoms with Crippen molar-refractivity contribution in [2.45, 2.75) is 113 Å². The highest BCUT2D eigenvalue weighted by Gasteiger charge is 2.06. The van der Waals surface area contributed by atoms with Gasteiger partial charge in [0.1, 0.15) is 0 Å². The predicted octanol–water partition coefficient (Wildman–Crippen LogP) is 10.5. The lowest BCUT2D eigenvalue weighted by Crippen LogP contribution is -1.98. The van der Waals surface area contributed by atoms with Gasteiger partial charge in [-0.1, -0.05) is 126 Å². The highest BCUT2D eigenvalue weighted by Crippen LogP contribution is 2.27. The number of carbonyl (C=O) groups excluding carboxylic acids is 1. The second-order valence-corrected chi connectivity index (χ2v) is 10.6. The zero-order valence-corrected chi connectivity index (χ0v) is 22.0. The maximum Gasteiger partial charge on any atom is 0.162 e. The quantitative estimate of drug-likeness (QED) is 0.105. The number of rotatable bonds is 20. The predicted molar refractivity (Wildman–Crippen MR) is 146 cm³/mol. The summed E-state index contributed by atoms with van der Waals surface area (Å²) in [4.78, 5) is 14.8. The van der Waals surface area contributed by atoms with Crippen molar-refractivity contribution in [1.82, 2.24) is 0 Å². The molecule has 0 radical (unpaired) electrons. The van der Waals surface area contributed by atoms with Crippen LogP contribution < -0.4 is 0 Å². The van der Waals surface area contributed by atoms with E-state index in [9.17, 15) is 4.79 Å². The monoisotopic (exact) mass is 486 g/mol. The highest BCUT2D eigenvalue weighted by atomic mass is 35.5. The molecule has 0 N–H and O–H groups in total. The van der Waals surface area contributed by atoms with Crippen molar-refractivity contribution in [3.63, 3.8) is 0 Å². The van der Waals surface area contributed by atoms with E-state index in [2.05, 4.69) is 36.4 Å². The van der Waals surface area contributed by atoms with Gasteiger partial charge in [-0.3, -0.25) is 4.79 Å². The molecule has 1 nitrogen and oxygen atoms in total. The number of carbonyl (C=O) groups is 1. The summed E-state index contributed by atoms with van der Waals surface area (Å²) in [5.74, 6) is 1.10. The molecule has 0 heterocycles. The number of ketones is 1. The Morgan fingerprint density at radius 3 is 1.45 bits per heavy atom. The summed E-state index contributed by atoms with van der Waals surface area (Å²) in [6.07, 6.45) is 20.4. The van der Waals surface area contributed by atoms with Crippen LogP contribution in [0, 0.1) is 0 Å². The summed E-state index contributed by atoms with van der Waals surface area (Å²) in [5, 5.41) is 0. The molecule has 2 aromatic carbocycles. The smallest absolute Gasteiger partial charge is 0.162 e. The lowest BCUT2D eigenvalue weighted by molar-refractivity contribution is 0.0979. The lowest BCUT2D eigenvalue weighted by atomic mass is 10.0. The van der Waals surface area contributed by atoms with E-state index >= 15 is 0 Å². The number of unbranched alkanes of at least 4 members (excludes halogenated alkanes) is 14. The van der Waals surface area contributed by atoms with E-state index in [-0.39, 0.29) is 5.78 Å². The molecule has 0 spiro atoms. The topological polar surface area (TPSA) is 17.1 Å². The minimum Gasteiger partial charge on any atom is -0.294 e. The average molecular weight is 487 g/mol. The molecule has 0 unspecified atom stereocenters. The second kappa shape index (κ2) is 19.1. The molecule has 0 aromatic heterocycles. The normalized spacial score (nSPS) is 11.1. The third-order valence-electron chi connectivity index (χ3n) is 6.19. The third-order valence-corrected chi connectivity index (χ3v) is 7.48. The molecule has 0 saturated carbocycles. The fourth-order valence-corrected chi connectivity index (χ4v) is 5.18. The Hall–Kier alpha value is -1.25. The second-order valence-electron chi connectivity index (χ2n) is 9.10. The van der Waals surface area contributed by atoms with Gasteiger partial charge in [0.2, 0.25) is 0 Å². The molecule has 0 saturated heterocycles.